The molecule has 0 aliphatic heterocycles. The predicted molar refractivity (Wildman–Crippen MR) is 99.1 cm³/mol. The van der Waals surface area contributed by atoms with E-state index in [-0.39, 0.29) is 5.41 Å². The Labute approximate surface area is 144 Å². The van der Waals surface area contributed by atoms with E-state index in [0.29, 0.717) is 6.54 Å². The molecular weight excluding hydrogens is 296 g/mol. The summed E-state index contributed by atoms with van der Waals surface area (Å²) >= 11 is 0. The predicted octanol–water partition coefficient (Wildman–Crippen LogP) is 3.18. The van der Waals surface area contributed by atoms with Crippen LogP contribution in [0.25, 0.3) is 0 Å². The first-order chi connectivity index (χ1) is 11.7. The molecule has 4 heteroatoms. The third kappa shape index (κ3) is 3.94. The van der Waals surface area contributed by atoms with Gasteiger partial charge in [-0.05, 0) is 43.9 Å². The van der Waals surface area contributed by atoms with Gasteiger partial charge in [0.2, 0.25) is 0 Å². The quantitative estimate of drug-likeness (QED) is 0.634. The summed E-state index contributed by atoms with van der Waals surface area (Å²) in [4.78, 5) is 9.12. The van der Waals surface area contributed by atoms with Crippen LogP contribution in [0.2, 0.25) is 0 Å². The summed E-state index contributed by atoms with van der Waals surface area (Å²) in [5.74, 6) is 0.866. The lowest BCUT2D eigenvalue weighted by molar-refractivity contribution is 0.645. The fourth-order valence-corrected chi connectivity index (χ4v) is 2.94. The number of hydrogen-bond donors (Lipinski definition) is 2. The van der Waals surface area contributed by atoms with Crippen LogP contribution in [-0.4, -0.2) is 24.0 Å². The Morgan fingerprint density at radius 3 is 2.58 bits per heavy atom. The van der Waals surface area contributed by atoms with Gasteiger partial charge in [0, 0.05) is 24.7 Å². The van der Waals surface area contributed by atoms with Crippen molar-refractivity contribution in [3.05, 3.63) is 65.5 Å². The maximum atomic E-state index is 4.70. The molecule has 2 aromatic rings. The molecule has 24 heavy (non-hydrogen) atoms. The van der Waals surface area contributed by atoms with Gasteiger partial charge in [0.05, 0.1) is 12.2 Å². The molecule has 0 bridgehead atoms. The summed E-state index contributed by atoms with van der Waals surface area (Å²) in [5, 5.41) is 6.86. The summed E-state index contributed by atoms with van der Waals surface area (Å²) < 4.78 is 0. The normalized spacial score (nSPS) is 15.8. The van der Waals surface area contributed by atoms with Crippen molar-refractivity contribution in [2.75, 3.05) is 13.1 Å². The summed E-state index contributed by atoms with van der Waals surface area (Å²) in [6.07, 6.45) is 4.30. The van der Waals surface area contributed by atoms with Gasteiger partial charge >= 0.3 is 0 Å². The smallest absolute Gasteiger partial charge is 0.191 e. The van der Waals surface area contributed by atoms with Crippen molar-refractivity contribution in [3.8, 4) is 0 Å². The number of hydrogen-bond acceptors (Lipinski definition) is 2. The summed E-state index contributed by atoms with van der Waals surface area (Å²) in [7, 11) is 0. The second-order valence-electron chi connectivity index (χ2n) is 6.46. The molecule has 0 saturated heterocycles. The zero-order valence-corrected chi connectivity index (χ0v) is 14.5. The molecule has 0 spiro atoms. The Bertz CT molecular complexity index is 690. The monoisotopic (exact) mass is 322 g/mol. The zero-order valence-electron chi connectivity index (χ0n) is 14.5. The van der Waals surface area contributed by atoms with Crippen LogP contribution in [0, 0.1) is 6.92 Å². The summed E-state index contributed by atoms with van der Waals surface area (Å²) in [6.45, 7) is 6.54. The van der Waals surface area contributed by atoms with Gasteiger partial charge in [0.1, 0.15) is 0 Å². The fourth-order valence-electron chi connectivity index (χ4n) is 2.94. The van der Waals surface area contributed by atoms with E-state index in [4.69, 9.17) is 4.99 Å². The first kappa shape index (κ1) is 16.5. The highest BCUT2D eigenvalue weighted by atomic mass is 15.2. The van der Waals surface area contributed by atoms with Crippen molar-refractivity contribution in [2.45, 2.75) is 38.6 Å². The van der Waals surface area contributed by atoms with Crippen molar-refractivity contribution in [2.24, 2.45) is 4.99 Å². The second-order valence-corrected chi connectivity index (χ2v) is 6.46. The number of aryl methyl sites for hydroxylation is 1. The van der Waals surface area contributed by atoms with Crippen LogP contribution in [-0.2, 0) is 12.0 Å². The molecule has 0 unspecified atom stereocenters. The van der Waals surface area contributed by atoms with Crippen LogP contribution in [0.4, 0.5) is 0 Å². The third-order valence-corrected chi connectivity index (χ3v) is 4.68. The molecule has 1 aliphatic carbocycles. The molecule has 1 aromatic carbocycles. The lowest BCUT2D eigenvalue weighted by atomic mass is 9.96. The van der Waals surface area contributed by atoms with Gasteiger partial charge in [-0.15, -0.1) is 0 Å². The molecular formula is C20H26N4. The Hall–Kier alpha value is -2.36. The molecule has 2 N–H and O–H groups in total. The van der Waals surface area contributed by atoms with E-state index in [0.717, 1.165) is 24.7 Å². The van der Waals surface area contributed by atoms with Gasteiger partial charge in [0.15, 0.2) is 5.96 Å². The van der Waals surface area contributed by atoms with Crippen LogP contribution in [0.3, 0.4) is 0 Å². The molecule has 1 aliphatic rings. The van der Waals surface area contributed by atoms with Gasteiger partial charge in [-0.2, -0.15) is 0 Å². The van der Waals surface area contributed by atoms with Crippen LogP contribution in [0.15, 0.2) is 53.7 Å². The molecule has 126 valence electrons. The van der Waals surface area contributed by atoms with Crippen molar-refractivity contribution < 1.29 is 0 Å². The Morgan fingerprint density at radius 1 is 1.12 bits per heavy atom. The molecule has 1 saturated carbocycles. The molecule has 0 amide bonds. The lowest BCUT2D eigenvalue weighted by Crippen LogP contribution is -2.41. The maximum absolute atomic E-state index is 4.70. The lowest BCUT2D eigenvalue weighted by Gasteiger charge is -2.19. The maximum Gasteiger partial charge on any atom is 0.191 e. The van der Waals surface area contributed by atoms with Gasteiger partial charge in [-0.25, -0.2) is 4.99 Å². The fraction of sp³-hybridized carbons (Fsp3) is 0.400. The number of aliphatic imine (C=N–C) groups is 1. The highest BCUT2D eigenvalue weighted by Crippen LogP contribution is 2.47. The molecule has 1 aromatic heterocycles. The average molecular weight is 322 g/mol. The first-order valence-electron chi connectivity index (χ1n) is 8.72. The topological polar surface area (TPSA) is 49.3 Å². The first-order valence-corrected chi connectivity index (χ1v) is 8.72. The van der Waals surface area contributed by atoms with Crippen molar-refractivity contribution in [1.82, 2.24) is 15.6 Å². The van der Waals surface area contributed by atoms with Gasteiger partial charge in [0.25, 0.3) is 0 Å². The minimum atomic E-state index is 0.276. The summed E-state index contributed by atoms with van der Waals surface area (Å²) in [5.41, 5.74) is 3.91. The van der Waals surface area contributed by atoms with Crippen LogP contribution < -0.4 is 10.6 Å². The van der Waals surface area contributed by atoms with Crippen LogP contribution >= 0.6 is 0 Å². The van der Waals surface area contributed by atoms with Gasteiger partial charge in [-0.3, -0.25) is 4.98 Å². The van der Waals surface area contributed by atoms with Crippen molar-refractivity contribution >= 4 is 5.96 Å². The number of nitrogens with zero attached hydrogens (tertiary/aromatic N) is 2. The Balaban J connectivity index is 1.64. The SMILES string of the molecule is CCNC(=NCc1ncccc1C)NCC1(c2ccccc2)CC1. The number of rotatable bonds is 6. The molecule has 4 nitrogen and oxygen atoms in total. The second kappa shape index (κ2) is 7.47. The minimum Gasteiger partial charge on any atom is -0.357 e. The van der Waals surface area contributed by atoms with Crippen molar-refractivity contribution in [3.63, 3.8) is 0 Å². The molecule has 1 fully saturated rings. The minimum absolute atomic E-state index is 0.276. The van der Waals surface area contributed by atoms with E-state index in [1.165, 1.54) is 24.0 Å². The van der Waals surface area contributed by atoms with E-state index < -0.39 is 0 Å². The number of aromatic nitrogens is 1. The number of pyridine rings is 1. The summed E-state index contributed by atoms with van der Waals surface area (Å²) in [6, 6.07) is 14.8. The van der Waals surface area contributed by atoms with Gasteiger partial charge < -0.3 is 10.6 Å². The third-order valence-electron chi connectivity index (χ3n) is 4.68. The van der Waals surface area contributed by atoms with E-state index in [1.807, 2.05) is 12.3 Å². The van der Waals surface area contributed by atoms with Gasteiger partial charge in [-0.1, -0.05) is 36.4 Å². The Morgan fingerprint density at radius 2 is 1.92 bits per heavy atom. The number of benzene rings is 1. The van der Waals surface area contributed by atoms with E-state index in [2.05, 4.69) is 65.9 Å². The van der Waals surface area contributed by atoms with E-state index in [9.17, 15) is 0 Å². The largest absolute Gasteiger partial charge is 0.357 e. The van der Waals surface area contributed by atoms with E-state index >= 15 is 0 Å². The molecule has 1 heterocycles. The van der Waals surface area contributed by atoms with Crippen LogP contribution in [0.1, 0.15) is 36.6 Å². The highest BCUT2D eigenvalue weighted by molar-refractivity contribution is 5.80. The zero-order chi connectivity index (χ0) is 16.8. The molecule has 0 atom stereocenters. The standard InChI is InChI=1S/C20H26N4/c1-3-21-19(23-14-18-16(2)8-7-13-22-18)24-15-20(11-12-20)17-9-5-4-6-10-17/h4-10,13H,3,11-12,14-15H2,1-2H3,(H2,21,23,24). The Kier molecular flexibility index (Phi) is 5.14. The molecule has 3 rings (SSSR count). The van der Waals surface area contributed by atoms with E-state index in [1.54, 1.807) is 0 Å². The average Bonchev–Trinajstić information content (AvgIpc) is 3.41. The van der Waals surface area contributed by atoms with Crippen LogP contribution in [0.5, 0.6) is 0 Å². The highest BCUT2D eigenvalue weighted by Gasteiger charge is 2.43. The number of nitrogens with one attached hydrogen (secondary N) is 2. The van der Waals surface area contributed by atoms with Crippen molar-refractivity contribution in [1.29, 1.82) is 0 Å². The molecule has 0 radical (unpaired) electrons. The number of guanidine groups is 1.